The van der Waals surface area contributed by atoms with E-state index in [-0.39, 0.29) is 17.8 Å². The Bertz CT molecular complexity index is 817. The lowest BCUT2D eigenvalue weighted by Gasteiger charge is -2.39. The summed E-state index contributed by atoms with van der Waals surface area (Å²) < 4.78 is 14.0. The Morgan fingerprint density at radius 2 is 1.67 bits per heavy atom. The Morgan fingerprint density at radius 1 is 1.00 bits per heavy atom. The van der Waals surface area contributed by atoms with E-state index in [0.717, 1.165) is 44.7 Å². The third-order valence-corrected chi connectivity index (χ3v) is 5.72. The van der Waals surface area contributed by atoms with Gasteiger partial charge in [0.15, 0.2) is 0 Å². The molecule has 1 amide bonds. The molecule has 0 aromatic heterocycles. The number of anilines is 2. The summed E-state index contributed by atoms with van der Waals surface area (Å²) in [5.41, 5.74) is 2.97. The Hall–Kier alpha value is -2.40. The Kier molecular flexibility index (Phi) is 5.12. The van der Waals surface area contributed by atoms with Crippen LogP contribution in [0, 0.1) is 5.82 Å². The summed E-state index contributed by atoms with van der Waals surface area (Å²) in [6.07, 6.45) is 2.03. The number of fused-ring (bicyclic) bond motifs is 1. The molecular formula is C22H26FN3O. The number of rotatable bonds is 3. The van der Waals surface area contributed by atoms with Gasteiger partial charge in [-0.3, -0.25) is 9.69 Å². The second-order valence-electron chi connectivity index (χ2n) is 7.49. The minimum absolute atomic E-state index is 0.161. The SMILES string of the molecule is CC1CCc2ccccc2N1C(=O)CN1CCN(c2ccccc2F)CC1. The van der Waals surface area contributed by atoms with E-state index in [1.165, 1.54) is 11.6 Å². The van der Waals surface area contributed by atoms with E-state index in [9.17, 15) is 9.18 Å². The van der Waals surface area contributed by atoms with Crippen LogP contribution in [0.1, 0.15) is 18.9 Å². The van der Waals surface area contributed by atoms with Crippen LogP contribution in [0.5, 0.6) is 0 Å². The van der Waals surface area contributed by atoms with Crippen molar-refractivity contribution in [2.75, 3.05) is 42.5 Å². The number of carbonyl (C=O) groups excluding carboxylic acids is 1. The van der Waals surface area contributed by atoms with Gasteiger partial charge in [0.2, 0.25) is 5.91 Å². The number of carbonyl (C=O) groups is 1. The Balaban J connectivity index is 1.39. The molecular weight excluding hydrogens is 341 g/mol. The molecule has 5 heteroatoms. The third kappa shape index (κ3) is 3.69. The first-order valence-corrected chi connectivity index (χ1v) is 9.75. The minimum Gasteiger partial charge on any atom is -0.367 e. The molecule has 1 saturated heterocycles. The molecule has 0 radical (unpaired) electrons. The second kappa shape index (κ2) is 7.69. The van der Waals surface area contributed by atoms with E-state index in [2.05, 4.69) is 28.9 Å². The largest absolute Gasteiger partial charge is 0.367 e. The van der Waals surface area contributed by atoms with Crippen molar-refractivity contribution in [2.24, 2.45) is 0 Å². The van der Waals surface area contributed by atoms with Gasteiger partial charge in [-0.1, -0.05) is 30.3 Å². The highest BCUT2D eigenvalue weighted by atomic mass is 19.1. The summed E-state index contributed by atoms with van der Waals surface area (Å²) in [6.45, 7) is 5.56. The van der Waals surface area contributed by atoms with Gasteiger partial charge in [0.25, 0.3) is 0 Å². The summed E-state index contributed by atoms with van der Waals surface area (Å²) in [5, 5.41) is 0. The van der Waals surface area contributed by atoms with Gasteiger partial charge in [0, 0.05) is 37.9 Å². The number of hydrogen-bond acceptors (Lipinski definition) is 3. The van der Waals surface area contributed by atoms with Gasteiger partial charge in [0.1, 0.15) is 5.82 Å². The van der Waals surface area contributed by atoms with E-state index in [1.54, 1.807) is 6.07 Å². The van der Waals surface area contributed by atoms with Crippen LogP contribution in [-0.2, 0) is 11.2 Å². The van der Waals surface area contributed by atoms with Crippen LogP contribution in [0.4, 0.5) is 15.8 Å². The zero-order valence-corrected chi connectivity index (χ0v) is 15.8. The number of para-hydroxylation sites is 2. The monoisotopic (exact) mass is 367 g/mol. The first kappa shape index (κ1) is 18.0. The highest BCUT2D eigenvalue weighted by molar-refractivity contribution is 5.96. The predicted octanol–water partition coefficient (Wildman–Crippen LogP) is 3.32. The normalized spacial score (nSPS) is 20.4. The van der Waals surface area contributed by atoms with Crippen LogP contribution in [0.25, 0.3) is 0 Å². The molecule has 0 aliphatic carbocycles. The molecule has 2 aliphatic heterocycles. The van der Waals surface area contributed by atoms with Gasteiger partial charge in [-0.2, -0.15) is 0 Å². The van der Waals surface area contributed by atoms with Crippen LogP contribution in [0.15, 0.2) is 48.5 Å². The summed E-state index contributed by atoms with van der Waals surface area (Å²) >= 11 is 0. The molecule has 0 bridgehead atoms. The zero-order chi connectivity index (χ0) is 18.8. The molecule has 0 N–H and O–H groups in total. The second-order valence-corrected chi connectivity index (χ2v) is 7.49. The smallest absolute Gasteiger partial charge is 0.241 e. The highest BCUT2D eigenvalue weighted by Gasteiger charge is 2.30. The van der Waals surface area contributed by atoms with E-state index in [0.29, 0.717) is 12.2 Å². The van der Waals surface area contributed by atoms with Crippen molar-refractivity contribution in [1.82, 2.24) is 4.90 Å². The topological polar surface area (TPSA) is 26.8 Å². The van der Waals surface area contributed by atoms with Crippen molar-refractivity contribution in [3.63, 3.8) is 0 Å². The van der Waals surface area contributed by atoms with Crippen molar-refractivity contribution in [1.29, 1.82) is 0 Å². The first-order chi connectivity index (χ1) is 13.1. The zero-order valence-electron chi connectivity index (χ0n) is 15.8. The van der Waals surface area contributed by atoms with Gasteiger partial charge in [0.05, 0.1) is 12.2 Å². The summed E-state index contributed by atoms with van der Waals surface area (Å²) in [4.78, 5) is 19.3. The molecule has 4 rings (SSSR count). The van der Waals surface area contributed by atoms with E-state index < -0.39 is 0 Å². The van der Waals surface area contributed by atoms with Crippen molar-refractivity contribution < 1.29 is 9.18 Å². The van der Waals surface area contributed by atoms with Crippen molar-refractivity contribution in [3.8, 4) is 0 Å². The van der Waals surface area contributed by atoms with E-state index in [1.807, 2.05) is 29.2 Å². The molecule has 2 aromatic rings. The quantitative estimate of drug-likeness (QED) is 0.833. The molecule has 142 valence electrons. The highest BCUT2D eigenvalue weighted by Crippen LogP contribution is 2.30. The average molecular weight is 367 g/mol. The molecule has 0 saturated carbocycles. The fourth-order valence-corrected chi connectivity index (χ4v) is 4.19. The maximum absolute atomic E-state index is 14.0. The fraction of sp³-hybridized carbons (Fsp3) is 0.409. The minimum atomic E-state index is -0.180. The number of piperazine rings is 1. The number of hydrogen-bond donors (Lipinski definition) is 0. The van der Waals surface area contributed by atoms with Gasteiger partial charge in [-0.05, 0) is 43.5 Å². The number of halogens is 1. The van der Waals surface area contributed by atoms with Gasteiger partial charge in [-0.25, -0.2) is 4.39 Å². The van der Waals surface area contributed by atoms with Gasteiger partial charge >= 0.3 is 0 Å². The van der Waals surface area contributed by atoms with Crippen molar-refractivity contribution in [3.05, 3.63) is 59.9 Å². The molecule has 4 nitrogen and oxygen atoms in total. The van der Waals surface area contributed by atoms with Crippen LogP contribution in [-0.4, -0.2) is 49.6 Å². The van der Waals surface area contributed by atoms with Crippen LogP contribution in [0.3, 0.4) is 0 Å². The molecule has 1 fully saturated rings. The molecule has 27 heavy (non-hydrogen) atoms. The lowest BCUT2D eigenvalue weighted by molar-refractivity contribution is -0.120. The van der Waals surface area contributed by atoms with Gasteiger partial charge in [-0.15, -0.1) is 0 Å². The fourth-order valence-electron chi connectivity index (χ4n) is 4.19. The molecule has 1 atom stereocenters. The van der Waals surface area contributed by atoms with E-state index >= 15 is 0 Å². The summed E-state index contributed by atoms with van der Waals surface area (Å²) in [6, 6.07) is 15.3. The first-order valence-electron chi connectivity index (χ1n) is 9.75. The molecule has 2 aromatic carbocycles. The molecule has 0 spiro atoms. The lowest BCUT2D eigenvalue weighted by Crippen LogP contribution is -2.52. The number of benzene rings is 2. The molecule has 2 heterocycles. The Labute approximate surface area is 160 Å². The molecule has 2 aliphatic rings. The number of amides is 1. The van der Waals surface area contributed by atoms with E-state index in [4.69, 9.17) is 0 Å². The Morgan fingerprint density at radius 3 is 2.41 bits per heavy atom. The van der Waals surface area contributed by atoms with Crippen LogP contribution < -0.4 is 9.80 Å². The number of nitrogens with zero attached hydrogens (tertiary/aromatic N) is 3. The van der Waals surface area contributed by atoms with Gasteiger partial charge < -0.3 is 9.80 Å². The third-order valence-electron chi connectivity index (χ3n) is 5.72. The maximum atomic E-state index is 14.0. The predicted molar refractivity (Wildman–Crippen MR) is 107 cm³/mol. The van der Waals surface area contributed by atoms with Crippen molar-refractivity contribution in [2.45, 2.75) is 25.8 Å². The summed E-state index contributed by atoms with van der Waals surface area (Å²) in [5.74, 6) is -0.0187. The lowest BCUT2D eigenvalue weighted by atomic mass is 9.96. The average Bonchev–Trinajstić information content (AvgIpc) is 2.69. The maximum Gasteiger partial charge on any atom is 0.241 e. The van der Waals surface area contributed by atoms with Crippen LogP contribution >= 0.6 is 0 Å². The standard InChI is InChI=1S/C22H26FN3O/c1-17-10-11-18-6-2-4-8-20(18)26(17)22(27)16-24-12-14-25(15-13-24)21-9-5-3-7-19(21)23/h2-9,17H,10-16H2,1H3. The summed E-state index contributed by atoms with van der Waals surface area (Å²) in [7, 11) is 0. The molecule has 1 unspecified atom stereocenters. The van der Waals surface area contributed by atoms with Crippen LogP contribution in [0.2, 0.25) is 0 Å². The number of aryl methyl sites for hydroxylation is 1. The van der Waals surface area contributed by atoms with Crippen molar-refractivity contribution >= 4 is 17.3 Å².